The first-order chi connectivity index (χ1) is 59.1. The standard InChI is InChI=1S/C29H32N2O4.C28H29FN2O3.C22H23ClNO3.C21H22ClNO4.4CH4.Li/c1-20(2)8-16-25-23(18-32)12-11-22(13-17-28(33)31-27-7-5-4-6-26(27)30)29(25)35-19-21-9-14-24(34-3)15-10-21;1-19(2)7-15-24-22(17-32)11-10-21(28(24)34-18-20-8-13-23(29)14-9-20)12-16-27(33)31-26-6-4-3-5-25(26)30;1-15(2)4-12-20-16(3)5-8-18(9-13-21(25)24-26)22(20)27-14-17-6-10-19(23)11-7-17;1-14(2)3-11-19-16(13-24)5-4-15(6-12-20(25)23-26)21(19)27-18-9-7-17(22)8-10-18;;;;;/h4-15,17,32H,16,18-19,30H2,1-3H3,(H,31,33);3-14,16,32H,15,17-18,30H2,1-2H3,(H,31,33);4-11,13H,12,14H2,1-3H3,(H-,24,25,26);3-10,12,24,26H,11,13H2,1-2H3,(H,23,25);4*1H4;/q;;-1;;;;;;+1/b17-13+;16-12+;13-9+;12-6+;;;;;. The van der Waals surface area contributed by atoms with E-state index in [-0.39, 0.29) is 92.6 Å². The maximum atomic E-state index is 13.3. The van der Waals surface area contributed by atoms with E-state index in [9.17, 15) is 44.1 Å². The summed E-state index contributed by atoms with van der Waals surface area (Å²) in [6.07, 6.45) is 22.6. The Morgan fingerprint density at radius 1 is 0.414 bits per heavy atom. The Morgan fingerprint density at radius 3 is 1.09 bits per heavy atom. The average molecular weight is 1780 g/mol. The van der Waals surface area contributed by atoms with Gasteiger partial charge in [0.05, 0.1) is 49.7 Å². The number of allylic oxidation sites excluding steroid dienone is 8. The molecule has 0 saturated heterocycles. The normalized spacial score (nSPS) is 10.3. The minimum Gasteiger partial charge on any atom is -0.759 e. The molecule has 10 aromatic carbocycles. The number of carbonyl (C=O) groups is 4. The van der Waals surface area contributed by atoms with Crippen LogP contribution in [-0.4, -0.2) is 51.3 Å². The van der Waals surface area contributed by atoms with Crippen LogP contribution in [0.15, 0.2) is 265 Å². The van der Waals surface area contributed by atoms with Crippen LogP contribution in [0.5, 0.6) is 34.5 Å². The molecule has 0 heterocycles. The first-order valence-corrected chi connectivity index (χ1v) is 40.1. The topological polar surface area (TPSA) is 319 Å². The Morgan fingerprint density at radius 2 is 0.727 bits per heavy atom. The molecule has 0 aromatic heterocycles. The number of carbonyl (C=O) groups excluding carboxylic acids is 4. The number of hydrogen-bond acceptors (Lipinski definition) is 16. The fourth-order valence-electron chi connectivity index (χ4n) is 11.8. The minimum atomic E-state index is -0.704. The minimum absolute atomic E-state index is 0. The van der Waals surface area contributed by atoms with Gasteiger partial charge >= 0.3 is 18.9 Å². The number of amides is 4. The van der Waals surface area contributed by atoms with Crippen LogP contribution < -0.4 is 75.6 Å². The number of methoxy groups -OCH3 is 1. The van der Waals surface area contributed by atoms with Gasteiger partial charge in [-0.05, 0) is 236 Å². The number of halogens is 3. The number of rotatable bonds is 33. The van der Waals surface area contributed by atoms with Gasteiger partial charge in [0.2, 0.25) is 17.7 Å². The molecule has 128 heavy (non-hydrogen) atoms. The van der Waals surface area contributed by atoms with E-state index in [1.165, 1.54) is 47.5 Å². The van der Waals surface area contributed by atoms with Crippen LogP contribution in [0.3, 0.4) is 0 Å². The molecule has 0 atom stereocenters. The summed E-state index contributed by atoms with van der Waals surface area (Å²) in [4.78, 5) is 47.7. The van der Waals surface area contributed by atoms with E-state index in [0.717, 1.165) is 101 Å². The quantitative estimate of drug-likeness (QED) is 0.00456. The first-order valence-electron chi connectivity index (χ1n) is 39.4. The van der Waals surface area contributed by atoms with Crippen LogP contribution in [0.25, 0.3) is 24.3 Å². The monoisotopic (exact) mass is 1770 g/mol. The number of ether oxygens (including phenoxy) is 5. The summed E-state index contributed by atoms with van der Waals surface area (Å²) in [5.74, 6) is 1.48. The van der Waals surface area contributed by atoms with Gasteiger partial charge in [0.25, 0.3) is 5.91 Å². The van der Waals surface area contributed by atoms with Crippen LogP contribution in [0.1, 0.15) is 169 Å². The smallest absolute Gasteiger partial charge is 0.759 e. The molecular formula is C104H122Cl2FLiN6O14. The van der Waals surface area contributed by atoms with Crippen molar-refractivity contribution in [1.29, 1.82) is 0 Å². The van der Waals surface area contributed by atoms with E-state index in [2.05, 4.69) is 28.9 Å². The summed E-state index contributed by atoms with van der Waals surface area (Å²) in [6.45, 7) is 18.7. The second-order valence-electron chi connectivity index (χ2n) is 29.0. The van der Waals surface area contributed by atoms with Crippen LogP contribution >= 0.6 is 23.2 Å². The maximum Gasteiger partial charge on any atom is 1.00 e. The second-order valence-corrected chi connectivity index (χ2v) is 29.9. The maximum absolute atomic E-state index is 13.3. The Hall–Kier alpha value is -12.5. The number of para-hydroxylation sites is 4. The van der Waals surface area contributed by atoms with Crippen molar-refractivity contribution in [2.75, 3.05) is 29.2 Å². The van der Waals surface area contributed by atoms with E-state index in [1.54, 1.807) is 128 Å². The molecule has 0 aliphatic carbocycles. The molecule has 24 heteroatoms. The van der Waals surface area contributed by atoms with Gasteiger partial charge in [-0.25, -0.2) is 9.87 Å². The van der Waals surface area contributed by atoms with Crippen molar-refractivity contribution in [1.82, 2.24) is 11.0 Å². The fraction of sp³-hybridized carbons (Fsp3) is 0.231. The first kappa shape index (κ1) is 112. The molecule has 0 spiro atoms. The number of anilines is 4. The molecule has 674 valence electrons. The molecule has 0 aliphatic heterocycles. The zero-order valence-electron chi connectivity index (χ0n) is 71.6. The van der Waals surface area contributed by atoms with Crippen LogP contribution in [-0.2, 0) is 84.5 Å². The summed E-state index contributed by atoms with van der Waals surface area (Å²) in [7, 11) is 1.63. The van der Waals surface area contributed by atoms with Crippen molar-refractivity contribution < 1.29 is 86.6 Å². The number of hydrogen-bond donors (Lipinski definition) is 10. The van der Waals surface area contributed by atoms with Gasteiger partial charge in [-0.2, -0.15) is 0 Å². The van der Waals surface area contributed by atoms with Gasteiger partial charge in [0.1, 0.15) is 60.1 Å². The van der Waals surface area contributed by atoms with Crippen molar-refractivity contribution in [2.45, 2.75) is 157 Å². The number of nitrogens with one attached hydrogen (secondary N) is 4. The molecule has 12 N–H and O–H groups in total. The van der Waals surface area contributed by atoms with Gasteiger partial charge in [0, 0.05) is 78.9 Å². The summed E-state index contributed by atoms with van der Waals surface area (Å²) in [5, 5.41) is 55.6. The van der Waals surface area contributed by atoms with Gasteiger partial charge in [-0.3, -0.25) is 24.4 Å². The van der Waals surface area contributed by atoms with Crippen LogP contribution in [0.2, 0.25) is 10.0 Å². The number of aryl methyl sites for hydroxylation is 1. The van der Waals surface area contributed by atoms with Gasteiger partial charge in [0.15, 0.2) is 0 Å². The summed E-state index contributed by atoms with van der Waals surface area (Å²) < 4.78 is 43.2. The van der Waals surface area contributed by atoms with Gasteiger partial charge < -0.3 is 71.8 Å². The molecule has 4 amide bonds. The predicted octanol–water partition coefficient (Wildman–Crippen LogP) is 20.7. The Labute approximate surface area is 777 Å². The number of hydroxylamine groups is 2. The van der Waals surface area contributed by atoms with E-state index < -0.39 is 11.8 Å². The molecule has 0 bridgehead atoms. The third-order valence-corrected chi connectivity index (χ3v) is 19.0. The van der Waals surface area contributed by atoms with Crippen molar-refractivity contribution >= 4 is 93.9 Å². The third kappa shape index (κ3) is 37.2. The predicted molar refractivity (Wildman–Crippen MR) is 520 cm³/mol. The summed E-state index contributed by atoms with van der Waals surface area (Å²) >= 11 is 11.9. The number of nitrogen functional groups attached to an aromatic ring is 2. The largest absolute Gasteiger partial charge is 1.00 e. The van der Waals surface area contributed by atoms with Gasteiger partial charge in [-0.1, -0.05) is 209 Å². The van der Waals surface area contributed by atoms with Crippen molar-refractivity contribution in [3.63, 3.8) is 0 Å². The molecule has 10 rings (SSSR count). The molecule has 20 nitrogen and oxygen atoms in total. The zero-order valence-corrected chi connectivity index (χ0v) is 73.1. The van der Waals surface area contributed by atoms with Gasteiger partial charge in [-0.15, -0.1) is 0 Å². The molecule has 10 aromatic rings. The average Bonchev–Trinajstić information content (AvgIpc) is 0.829. The van der Waals surface area contributed by atoms with Crippen molar-refractivity contribution in [3.8, 4) is 34.5 Å². The molecule has 0 aliphatic rings. The van der Waals surface area contributed by atoms with E-state index in [4.69, 9.17) is 63.6 Å². The van der Waals surface area contributed by atoms with Crippen molar-refractivity contribution in [3.05, 3.63) is 370 Å². The number of nitrogens with two attached hydrogens (primary N) is 2. The number of benzene rings is 10. The summed E-state index contributed by atoms with van der Waals surface area (Å²) in [5.41, 5.74) is 34.0. The molecular weight excluding hydrogens is 1650 g/mol. The second kappa shape index (κ2) is 58.7. The van der Waals surface area contributed by atoms with Crippen LogP contribution in [0, 0.1) is 17.9 Å². The molecule has 0 radical (unpaired) electrons. The van der Waals surface area contributed by atoms with E-state index in [0.29, 0.717) is 105 Å². The Bertz CT molecular complexity index is 5460. The Kier molecular flexibility index (Phi) is 51.2. The Balaban J connectivity index is 0.000000574. The fourth-order valence-corrected chi connectivity index (χ4v) is 12.1. The van der Waals surface area contributed by atoms with Crippen molar-refractivity contribution in [2.24, 2.45) is 0 Å². The SMILES string of the molecule is C.C.C.C.CC(C)=CCc1c(C)ccc(/C=C/C(=O)N[O-])c1OCc1ccc(Cl)cc1.CC(C)=CCc1c(CO)ccc(/C=C/C(=O)NO)c1Oc1ccc(Cl)cc1.CC(C)=CCc1c(CO)ccc(/C=C/C(=O)Nc2ccccc2N)c1OCc1ccc(F)cc1.COc1ccc(COc2c(/C=C/C(=O)Nc3ccccc3N)ccc(CO)c2CC=C(C)C)cc1.[Li+]. The van der Waals surface area contributed by atoms with E-state index in [1.807, 2.05) is 159 Å². The molecule has 0 saturated carbocycles. The van der Waals surface area contributed by atoms with Crippen LogP contribution in [0.4, 0.5) is 27.1 Å². The third-order valence-electron chi connectivity index (χ3n) is 18.5. The molecule has 0 fully saturated rings. The zero-order chi connectivity index (χ0) is 89.3. The number of aliphatic hydroxyl groups excluding tert-OH is 3. The summed E-state index contributed by atoms with van der Waals surface area (Å²) in [6, 6.07) is 57.0. The molecule has 0 unspecified atom stereocenters. The number of aliphatic hydroxyl groups is 3. The van der Waals surface area contributed by atoms with E-state index >= 15 is 0 Å².